The van der Waals surface area contributed by atoms with E-state index in [-0.39, 0.29) is 11.8 Å². The predicted octanol–water partition coefficient (Wildman–Crippen LogP) is 1.09. The largest absolute Gasteiger partial charge is 0.288 e. The maximum absolute atomic E-state index is 11.2. The molecular weight excluding hydrogens is 166 g/mol. The highest BCUT2D eigenvalue weighted by atomic mass is 16.2. The average Bonchev–Trinajstić information content (AvgIpc) is 2.24. The molecule has 0 bridgehead atoms. The van der Waals surface area contributed by atoms with Gasteiger partial charge in [0.2, 0.25) is 0 Å². The molecule has 0 spiro atoms. The molecule has 13 heavy (non-hydrogen) atoms. The van der Waals surface area contributed by atoms with Gasteiger partial charge in [0.25, 0.3) is 11.8 Å². The molecule has 3 heteroatoms. The number of hydrogen-bond acceptors (Lipinski definition) is 2. The molecule has 3 nitrogen and oxygen atoms in total. The number of hydrogen-bond donors (Lipinski definition) is 1. The summed E-state index contributed by atoms with van der Waals surface area (Å²) in [5.74, 6) is -0.758. The van der Waals surface area contributed by atoms with E-state index in [2.05, 4.69) is 18.5 Å². The van der Waals surface area contributed by atoms with E-state index in [9.17, 15) is 9.59 Å². The third-order valence-corrected chi connectivity index (χ3v) is 1.78. The lowest BCUT2D eigenvalue weighted by atomic mass is 10.00. The van der Waals surface area contributed by atoms with Gasteiger partial charge in [-0.05, 0) is 25.0 Å². The minimum atomic E-state index is -0.379. The summed E-state index contributed by atoms with van der Waals surface area (Å²) in [4.78, 5) is 22.5. The van der Waals surface area contributed by atoms with Crippen molar-refractivity contribution in [1.82, 2.24) is 5.32 Å². The number of imide groups is 1. The molecule has 0 aromatic carbocycles. The Labute approximate surface area is 76.8 Å². The lowest BCUT2D eigenvalue weighted by Crippen LogP contribution is -2.23. The monoisotopic (exact) mass is 177 g/mol. The molecule has 1 heterocycles. The van der Waals surface area contributed by atoms with Crippen LogP contribution in [0.3, 0.4) is 0 Å². The molecular formula is C10H11NO2. The first-order chi connectivity index (χ1) is 5.95. The third-order valence-electron chi connectivity index (χ3n) is 1.78. The molecule has 0 atom stereocenters. The van der Waals surface area contributed by atoms with Crippen molar-refractivity contribution in [1.29, 1.82) is 0 Å². The average molecular weight is 177 g/mol. The van der Waals surface area contributed by atoms with E-state index in [1.54, 1.807) is 13.8 Å². The summed E-state index contributed by atoms with van der Waals surface area (Å²) >= 11 is 0. The van der Waals surface area contributed by atoms with Crippen LogP contribution in [-0.4, -0.2) is 11.8 Å². The van der Waals surface area contributed by atoms with E-state index in [1.807, 2.05) is 0 Å². The van der Waals surface area contributed by atoms with Gasteiger partial charge in [-0.15, -0.1) is 0 Å². The molecule has 0 aliphatic carbocycles. The number of nitrogens with one attached hydrogen (secondary N) is 1. The third kappa shape index (κ3) is 1.45. The van der Waals surface area contributed by atoms with Gasteiger partial charge in [0, 0.05) is 0 Å². The molecule has 0 saturated heterocycles. The second-order valence-corrected chi connectivity index (χ2v) is 3.09. The second-order valence-electron chi connectivity index (χ2n) is 3.09. The quantitative estimate of drug-likeness (QED) is 0.642. The fraction of sp³-hybridized carbons (Fsp3) is 0.200. The first-order valence-corrected chi connectivity index (χ1v) is 3.87. The van der Waals surface area contributed by atoms with Crippen LogP contribution in [0.5, 0.6) is 0 Å². The minimum absolute atomic E-state index is 0.359. The Morgan fingerprint density at radius 1 is 1.00 bits per heavy atom. The van der Waals surface area contributed by atoms with Gasteiger partial charge in [0.05, 0.1) is 11.1 Å². The molecule has 0 aromatic rings. The van der Waals surface area contributed by atoms with Gasteiger partial charge in [0.15, 0.2) is 0 Å². The molecule has 1 aliphatic rings. The predicted molar refractivity (Wildman–Crippen MR) is 49.8 cm³/mol. The fourth-order valence-electron chi connectivity index (χ4n) is 1.27. The van der Waals surface area contributed by atoms with Gasteiger partial charge in [0.1, 0.15) is 0 Å². The molecule has 0 fully saturated rings. The summed E-state index contributed by atoms with van der Waals surface area (Å²) in [5.41, 5.74) is 1.89. The Morgan fingerprint density at radius 2 is 1.31 bits per heavy atom. The van der Waals surface area contributed by atoms with Gasteiger partial charge in [-0.25, -0.2) is 0 Å². The zero-order valence-corrected chi connectivity index (χ0v) is 7.73. The number of carbonyl (C=O) groups is 2. The van der Waals surface area contributed by atoms with Crippen molar-refractivity contribution >= 4 is 11.8 Å². The fourth-order valence-corrected chi connectivity index (χ4v) is 1.27. The Morgan fingerprint density at radius 3 is 1.54 bits per heavy atom. The summed E-state index contributed by atoms with van der Waals surface area (Å²) < 4.78 is 0. The van der Waals surface area contributed by atoms with Gasteiger partial charge in [-0.3, -0.25) is 14.9 Å². The van der Waals surface area contributed by atoms with Crippen LogP contribution < -0.4 is 5.32 Å². The molecule has 1 rings (SSSR count). The smallest absolute Gasteiger partial charge is 0.259 e. The normalized spacial score (nSPS) is 16.2. The standard InChI is InChI=1S/C10H11NO2/c1-5(2)7-8(6(3)4)10(13)11-9(7)12/h1,3H2,2,4H3,(H,11,12,13). The molecule has 0 saturated carbocycles. The van der Waals surface area contributed by atoms with Gasteiger partial charge >= 0.3 is 0 Å². The van der Waals surface area contributed by atoms with Crippen molar-refractivity contribution in [2.75, 3.05) is 0 Å². The molecule has 1 N–H and O–H groups in total. The van der Waals surface area contributed by atoms with Gasteiger partial charge in [-0.2, -0.15) is 0 Å². The highest BCUT2D eigenvalue weighted by Crippen LogP contribution is 2.23. The van der Waals surface area contributed by atoms with Crippen molar-refractivity contribution in [3.8, 4) is 0 Å². The summed E-state index contributed by atoms with van der Waals surface area (Å²) in [6.07, 6.45) is 0. The van der Waals surface area contributed by atoms with Crippen molar-refractivity contribution in [3.05, 3.63) is 35.5 Å². The summed E-state index contributed by atoms with van der Waals surface area (Å²) in [5, 5.41) is 2.21. The summed E-state index contributed by atoms with van der Waals surface area (Å²) in [6.45, 7) is 10.7. The van der Waals surface area contributed by atoms with E-state index in [0.29, 0.717) is 22.3 Å². The molecule has 2 amide bonds. The van der Waals surface area contributed by atoms with Crippen LogP contribution in [0.4, 0.5) is 0 Å². The van der Waals surface area contributed by atoms with Gasteiger partial charge in [-0.1, -0.05) is 13.2 Å². The maximum atomic E-state index is 11.2. The van der Waals surface area contributed by atoms with Crippen LogP contribution in [0, 0.1) is 0 Å². The van der Waals surface area contributed by atoms with E-state index < -0.39 is 0 Å². The number of carbonyl (C=O) groups excluding carboxylic acids is 2. The molecule has 68 valence electrons. The van der Waals surface area contributed by atoms with E-state index in [0.717, 1.165) is 0 Å². The van der Waals surface area contributed by atoms with Crippen LogP contribution >= 0.6 is 0 Å². The Kier molecular flexibility index (Phi) is 2.19. The second kappa shape index (κ2) is 3.01. The molecule has 0 radical (unpaired) electrons. The topological polar surface area (TPSA) is 46.2 Å². The first kappa shape index (κ1) is 9.45. The Hall–Kier alpha value is -1.64. The van der Waals surface area contributed by atoms with Crippen LogP contribution in [-0.2, 0) is 9.59 Å². The molecule has 0 aromatic heterocycles. The maximum Gasteiger partial charge on any atom is 0.259 e. The van der Waals surface area contributed by atoms with Gasteiger partial charge < -0.3 is 0 Å². The molecule has 1 aliphatic heterocycles. The highest BCUT2D eigenvalue weighted by Gasteiger charge is 2.30. The van der Waals surface area contributed by atoms with E-state index in [4.69, 9.17) is 0 Å². The highest BCUT2D eigenvalue weighted by molar-refractivity contribution is 6.23. The minimum Gasteiger partial charge on any atom is -0.288 e. The zero-order chi connectivity index (χ0) is 10.2. The van der Waals surface area contributed by atoms with Crippen LogP contribution in [0.1, 0.15) is 13.8 Å². The van der Waals surface area contributed by atoms with E-state index >= 15 is 0 Å². The van der Waals surface area contributed by atoms with Crippen molar-refractivity contribution in [3.63, 3.8) is 0 Å². The summed E-state index contributed by atoms with van der Waals surface area (Å²) in [7, 11) is 0. The van der Waals surface area contributed by atoms with Crippen molar-refractivity contribution in [2.24, 2.45) is 0 Å². The lowest BCUT2D eigenvalue weighted by molar-refractivity contribution is -0.124. The summed E-state index contributed by atoms with van der Waals surface area (Å²) in [6, 6.07) is 0. The lowest BCUT2D eigenvalue weighted by Gasteiger charge is -2.00. The Bertz CT molecular complexity index is 327. The van der Waals surface area contributed by atoms with Crippen molar-refractivity contribution in [2.45, 2.75) is 13.8 Å². The Balaban J connectivity index is 3.34. The molecule has 0 unspecified atom stereocenters. The number of amides is 2. The number of rotatable bonds is 2. The van der Waals surface area contributed by atoms with Crippen LogP contribution in [0.2, 0.25) is 0 Å². The zero-order valence-electron chi connectivity index (χ0n) is 7.73. The van der Waals surface area contributed by atoms with Crippen LogP contribution in [0.15, 0.2) is 35.5 Å². The van der Waals surface area contributed by atoms with E-state index in [1.165, 1.54) is 0 Å². The SMILES string of the molecule is C=C(C)C1=C(C(=C)C)C(=O)NC1=O. The van der Waals surface area contributed by atoms with Crippen LogP contribution in [0.25, 0.3) is 0 Å². The van der Waals surface area contributed by atoms with Crippen molar-refractivity contribution < 1.29 is 9.59 Å². The first-order valence-electron chi connectivity index (χ1n) is 3.87.